The summed E-state index contributed by atoms with van der Waals surface area (Å²) in [6.07, 6.45) is 8.57. The van der Waals surface area contributed by atoms with E-state index in [0.29, 0.717) is 38.1 Å². The van der Waals surface area contributed by atoms with Gasteiger partial charge in [0.15, 0.2) is 0 Å². The Kier molecular flexibility index (Phi) is 6.85. The Hall–Kier alpha value is -0.660. The molecule has 0 unspecified atom stereocenters. The average molecular weight is 346 g/mol. The molecule has 1 N–H and O–H groups in total. The number of amides is 1. The van der Waals surface area contributed by atoms with Crippen molar-refractivity contribution in [2.24, 2.45) is 5.92 Å². The Bertz CT molecular complexity index is 494. The summed E-state index contributed by atoms with van der Waals surface area (Å²) < 4.78 is 30.8. The Labute approximate surface area is 140 Å². The van der Waals surface area contributed by atoms with Crippen LogP contribution in [-0.2, 0) is 19.6 Å². The van der Waals surface area contributed by atoms with Crippen LogP contribution in [0, 0.1) is 5.92 Å². The number of nitrogens with one attached hydrogen (secondary N) is 1. The van der Waals surface area contributed by atoms with E-state index in [1.807, 2.05) is 0 Å². The van der Waals surface area contributed by atoms with Crippen molar-refractivity contribution < 1.29 is 17.9 Å². The first-order valence-corrected chi connectivity index (χ1v) is 10.6. The summed E-state index contributed by atoms with van der Waals surface area (Å²) in [5.74, 6) is 0.383. The lowest BCUT2D eigenvalue weighted by Gasteiger charge is -2.32. The highest BCUT2D eigenvalue weighted by Crippen LogP contribution is 2.26. The normalized spacial score (nSPS) is 30.1. The molecule has 134 valence electrons. The number of carbonyl (C=O) groups excluding carboxylic acids is 1. The number of rotatable bonds is 6. The molecule has 0 aromatic rings. The van der Waals surface area contributed by atoms with Crippen LogP contribution in [0.15, 0.2) is 0 Å². The van der Waals surface area contributed by atoms with Gasteiger partial charge in [-0.15, -0.1) is 0 Å². The molecule has 1 amide bonds. The van der Waals surface area contributed by atoms with E-state index in [9.17, 15) is 13.2 Å². The van der Waals surface area contributed by atoms with E-state index in [-0.39, 0.29) is 5.91 Å². The number of hydrogen-bond acceptors (Lipinski definition) is 4. The smallest absolute Gasteiger partial charge is 0.238 e. The highest BCUT2D eigenvalue weighted by atomic mass is 32.2. The van der Waals surface area contributed by atoms with Crippen molar-refractivity contribution >= 4 is 15.9 Å². The maximum absolute atomic E-state index is 12.3. The van der Waals surface area contributed by atoms with Crippen LogP contribution in [0.1, 0.15) is 51.9 Å². The molecule has 3 atom stereocenters. The fourth-order valence-corrected chi connectivity index (χ4v) is 4.72. The van der Waals surface area contributed by atoms with Crippen molar-refractivity contribution in [2.75, 3.05) is 26.0 Å². The predicted molar refractivity (Wildman–Crippen MR) is 89.6 cm³/mol. The molecule has 6 nitrogen and oxygen atoms in total. The van der Waals surface area contributed by atoms with Gasteiger partial charge < -0.3 is 10.1 Å². The van der Waals surface area contributed by atoms with Gasteiger partial charge in [0.2, 0.25) is 15.9 Å². The summed E-state index contributed by atoms with van der Waals surface area (Å²) in [4.78, 5) is 12.3. The lowest BCUT2D eigenvalue weighted by molar-refractivity contribution is -0.126. The molecule has 0 aromatic heterocycles. The monoisotopic (exact) mass is 346 g/mol. The van der Waals surface area contributed by atoms with Gasteiger partial charge in [-0.2, -0.15) is 4.31 Å². The SMILES string of the molecule is C[C@@H]1CCCC[C@H]1OCCNC(=O)[C@H]1CCCCN1S(C)(=O)=O. The zero-order chi connectivity index (χ0) is 16.9. The lowest BCUT2D eigenvalue weighted by atomic mass is 9.88. The predicted octanol–water partition coefficient (Wildman–Crippen LogP) is 1.51. The zero-order valence-electron chi connectivity index (χ0n) is 14.3. The van der Waals surface area contributed by atoms with Crippen molar-refractivity contribution in [1.29, 1.82) is 0 Å². The molecule has 0 bridgehead atoms. The average Bonchev–Trinajstić information content (AvgIpc) is 2.52. The van der Waals surface area contributed by atoms with Crippen LogP contribution in [0.3, 0.4) is 0 Å². The summed E-state index contributed by atoms with van der Waals surface area (Å²) in [5, 5.41) is 2.84. The van der Waals surface area contributed by atoms with Gasteiger partial charge in [-0.25, -0.2) is 8.42 Å². The Morgan fingerprint density at radius 1 is 1.17 bits per heavy atom. The Morgan fingerprint density at radius 3 is 2.57 bits per heavy atom. The molecule has 0 radical (unpaired) electrons. The fraction of sp³-hybridized carbons (Fsp3) is 0.938. The molecule has 23 heavy (non-hydrogen) atoms. The first kappa shape index (κ1) is 18.7. The second-order valence-electron chi connectivity index (χ2n) is 6.85. The zero-order valence-corrected chi connectivity index (χ0v) is 15.1. The highest BCUT2D eigenvalue weighted by Gasteiger charge is 2.34. The molecule has 0 aromatic carbocycles. The molecule has 7 heteroatoms. The van der Waals surface area contributed by atoms with Crippen molar-refractivity contribution in [3.05, 3.63) is 0 Å². The second-order valence-corrected chi connectivity index (χ2v) is 8.78. The Balaban J connectivity index is 1.75. The maximum Gasteiger partial charge on any atom is 0.238 e. The minimum absolute atomic E-state index is 0.199. The maximum atomic E-state index is 12.3. The van der Waals surface area contributed by atoms with Crippen LogP contribution in [0.25, 0.3) is 0 Å². The van der Waals surface area contributed by atoms with Gasteiger partial charge in [-0.3, -0.25) is 4.79 Å². The van der Waals surface area contributed by atoms with Gasteiger partial charge in [0.1, 0.15) is 6.04 Å². The van der Waals surface area contributed by atoms with Crippen molar-refractivity contribution in [1.82, 2.24) is 9.62 Å². The summed E-state index contributed by atoms with van der Waals surface area (Å²) in [7, 11) is -3.33. The van der Waals surface area contributed by atoms with E-state index in [0.717, 1.165) is 19.3 Å². The van der Waals surface area contributed by atoms with Crippen molar-refractivity contribution in [2.45, 2.75) is 64.0 Å². The minimum Gasteiger partial charge on any atom is -0.376 e. The summed E-state index contributed by atoms with van der Waals surface area (Å²) in [6.45, 7) is 3.59. The number of hydrogen-bond donors (Lipinski definition) is 1. The molecule has 2 aliphatic rings. The van der Waals surface area contributed by atoms with Gasteiger partial charge in [0.05, 0.1) is 19.0 Å². The number of ether oxygens (including phenoxy) is 1. The molecule has 1 saturated heterocycles. The minimum atomic E-state index is -3.33. The summed E-state index contributed by atoms with van der Waals surface area (Å²) in [5.41, 5.74) is 0. The number of carbonyl (C=O) groups is 1. The first-order chi connectivity index (χ1) is 10.9. The standard InChI is InChI=1S/C16H30N2O4S/c1-13-7-3-4-9-15(13)22-12-10-17-16(19)14-8-5-6-11-18(14)23(2,20)21/h13-15H,3-12H2,1-2H3,(H,17,19)/t13-,14-,15-/m1/s1. The number of piperidine rings is 1. The van der Waals surface area contributed by atoms with Gasteiger partial charge in [-0.05, 0) is 31.6 Å². The van der Waals surface area contributed by atoms with E-state index < -0.39 is 16.1 Å². The van der Waals surface area contributed by atoms with Crippen molar-refractivity contribution in [3.8, 4) is 0 Å². The van der Waals surface area contributed by atoms with E-state index in [4.69, 9.17) is 4.74 Å². The molecule has 0 spiro atoms. The summed E-state index contributed by atoms with van der Waals surface area (Å²) in [6, 6.07) is -0.563. The van der Waals surface area contributed by atoms with Crippen LogP contribution in [0.2, 0.25) is 0 Å². The topological polar surface area (TPSA) is 75.7 Å². The number of nitrogens with zero attached hydrogens (tertiary/aromatic N) is 1. The second kappa shape index (κ2) is 8.44. The van der Waals surface area contributed by atoms with Crippen molar-refractivity contribution in [3.63, 3.8) is 0 Å². The van der Waals surface area contributed by atoms with Gasteiger partial charge in [0.25, 0.3) is 0 Å². The van der Waals surface area contributed by atoms with Crippen LogP contribution >= 0.6 is 0 Å². The van der Waals surface area contributed by atoms with E-state index in [1.54, 1.807) is 0 Å². The molecule has 1 aliphatic heterocycles. The summed E-state index contributed by atoms with van der Waals surface area (Å²) >= 11 is 0. The van der Waals surface area contributed by atoms with E-state index >= 15 is 0 Å². The lowest BCUT2D eigenvalue weighted by Crippen LogP contribution is -2.52. The molecule has 1 aliphatic carbocycles. The highest BCUT2D eigenvalue weighted by molar-refractivity contribution is 7.88. The van der Waals surface area contributed by atoms with E-state index in [2.05, 4.69) is 12.2 Å². The fourth-order valence-electron chi connectivity index (χ4n) is 3.60. The first-order valence-electron chi connectivity index (χ1n) is 8.75. The van der Waals surface area contributed by atoms with Gasteiger partial charge in [0, 0.05) is 13.1 Å². The van der Waals surface area contributed by atoms with Crippen LogP contribution in [-0.4, -0.2) is 56.7 Å². The number of sulfonamides is 1. The van der Waals surface area contributed by atoms with Crippen LogP contribution in [0.5, 0.6) is 0 Å². The third-order valence-corrected chi connectivity index (χ3v) is 6.24. The molecule has 1 saturated carbocycles. The Morgan fingerprint density at radius 2 is 1.87 bits per heavy atom. The molecule has 1 heterocycles. The molecule has 2 rings (SSSR count). The van der Waals surface area contributed by atoms with E-state index in [1.165, 1.54) is 29.8 Å². The quantitative estimate of drug-likeness (QED) is 0.740. The molecular weight excluding hydrogens is 316 g/mol. The largest absolute Gasteiger partial charge is 0.376 e. The van der Waals surface area contributed by atoms with Gasteiger partial charge >= 0.3 is 0 Å². The molecule has 2 fully saturated rings. The molecular formula is C16H30N2O4S. The third kappa shape index (κ3) is 5.43. The van der Waals surface area contributed by atoms with Crippen LogP contribution < -0.4 is 5.32 Å². The van der Waals surface area contributed by atoms with Gasteiger partial charge in [-0.1, -0.05) is 26.2 Å². The van der Waals surface area contributed by atoms with Crippen LogP contribution in [0.4, 0.5) is 0 Å². The third-order valence-electron chi connectivity index (χ3n) is 4.95.